The van der Waals surface area contributed by atoms with Crippen molar-refractivity contribution in [2.75, 3.05) is 14.2 Å². The molecule has 2 aromatic carbocycles. The number of hydrogen-bond donors (Lipinski definition) is 3. The van der Waals surface area contributed by atoms with E-state index in [1.165, 1.54) is 14.2 Å². The van der Waals surface area contributed by atoms with Gasteiger partial charge in [-0.3, -0.25) is 9.59 Å². The monoisotopic (exact) mass is 525 g/mol. The first-order chi connectivity index (χ1) is 18.0. The molecule has 0 aliphatic heterocycles. The Kier molecular flexibility index (Phi) is 11.8. The van der Waals surface area contributed by atoms with Crippen LogP contribution >= 0.6 is 0 Å². The summed E-state index contributed by atoms with van der Waals surface area (Å²) in [7, 11) is 2.68. The lowest BCUT2D eigenvalue weighted by Gasteiger charge is -2.28. The minimum atomic E-state index is -1.31. The van der Waals surface area contributed by atoms with Gasteiger partial charge in [0.25, 0.3) is 0 Å². The molecule has 0 saturated heterocycles. The van der Waals surface area contributed by atoms with Gasteiger partial charge in [-0.05, 0) is 51.2 Å². The lowest BCUT2D eigenvalue weighted by atomic mass is 9.91. The Hall–Kier alpha value is -3.88. The third kappa shape index (κ3) is 10.2. The van der Waals surface area contributed by atoms with Crippen LogP contribution in [-0.4, -0.2) is 55.7 Å². The van der Waals surface area contributed by atoms with Crippen LogP contribution in [0, 0.1) is 5.92 Å². The van der Waals surface area contributed by atoms with Crippen molar-refractivity contribution in [1.82, 2.24) is 16.0 Å². The number of carbonyl (C=O) groups is 4. The average molecular weight is 526 g/mol. The maximum absolute atomic E-state index is 13.6. The van der Waals surface area contributed by atoms with Crippen LogP contribution < -0.4 is 16.0 Å². The third-order valence-electron chi connectivity index (χ3n) is 5.85. The van der Waals surface area contributed by atoms with Gasteiger partial charge in [0.05, 0.1) is 13.0 Å². The maximum Gasteiger partial charge on any atom is 0.408 e. The van der Waals surface area contributed by atoms with Gasteiger partial charge in [-0.25, -0.2) is 9.59 Å². The van der Waals surface area contributed by atoms with Crippen molar-refractivity contribution in [1.29, 1.82) is 0 Å². The molecule has 2 rings (SSSR count). The van der Waals surface area contributed by atoms with Gasteiger partial charge in [0.15, 0.2) is 0 Å². The van der Waals surface area contributed by atoms with Gasteiger partial charge in [-0.1, -0.05) is 60.7 Å². The Morgan fingerprint density at radius 2 is 1.42 bits per heavy atom. The maximum atomic E-state index is 13.6. The molecule has 0 spiro atoms. The summed E-state index contributed by atoms with van der Waals surface area (Å²) in [5.41, 5.74) is 1.13. The summed E-state index contributed by atoms with van der Waals surface area (Å²) in [6.07, 6.45) is 0.872. The SMILES string of the molecule is CNC(=O)[C@H](Cc1ccccc1)NC(=O)[C@H](CCCc1ccccc1)[C@@H](NC(=O)OC(C)(C)C)C(=O)OC. The molecule has 0 aliphatic carbocycles. The fourth-order valence-corrected chi connectivity index (χ4v) is 4.02. The summed E-state index contributed by atoms with van der Waals surface area (Å²) in [4.78, 5) is 51.7. The zero-order valence-corrected chi connectivity index (χ0v) is 22.8. The Morgan fingerprint density at radius 3 is 1.95 bits per heavy atom. The van der Waals surface area contributed by atoms with Gasteiger partial charge in [-0.15, -0.1) is 0 Å². The minimum absolute atomic E-state index is 0.252. The molecule has 0 fully saturated rings. The Labute approximate surface area is 224 Å². The number of alkyl carbamates (subject to hydrolysis) is 1. The van der Waals surface area contributed by atoms with Gasteiger partial charge in [0.2, 0.25) is 11.8 Å². The van der Waals surface area contributed by atoms with E-state index in [1.807, 2.05) is 60.7 Å². The second kappa shape index (κ2) is 14.8. The van der Waals surface area contributed by atoms with Gasteiger partial charge < -0.3 is 25.4 Å². The van der Waals surface area contributed by atoms with E-state index in [4.69, 9.17) is 9.47 Å². The number of rotatable bonds is 12. The Balaban J connectivity index is 2.30. The first kappa shape index (κ1) is 30.3. The van der Waals surface area contributed by atoms with Crippen molar-refractivity contribution in [2.45, 2.75) is 64.1 Å². The van der Waals surface area contributed by atoms with Gasteiger partial charge in [0.1, 0.15) is 17.7 Å². The number of methoxy groups -OCH3 is 1. The van der Waals surface area contributed by atoms with E-state index in [2.05, 4.69) is 16.0 Å². The van der Waals surface area contributed by atoms with Crippen molar-refractivity contribution in [2.24, 2.45) is 5.92 Å². The van der Waals surface area contributed by atoms with Crippen LogP contribution in [0.5, 0.6) is 0 Å². The highest BCUT2D eigenvalue weighted by Crippen LogP contribution is 2.19. The molecule has 0 bridgehead atoms. The summed E-state index contributed by atoms with van der Waals surface area (Å²) < 4.78 is 10.3. The molecule has 0 aliphatic rings. The number of ether oxygens (including phenoxy) is 2. The molecular formula is C29H39N3O6. The molecule has 0 unspecified atom stereocenters. The summed E-state index contributed by atoms with van der Waals surface area (Å²) in [5.74, 6) is -2.72. The highest BCUT2D eigenvalue weighted by molar-refractivity contribution is 5.93. The van der Waals surface area contributed by atoms with E-state index in [0.29, 0.717) is 12.8 Å². The van der Waals surface area contributed by atoms with Gasteiger partial charge >= 0.3 is 12.1 Å². The Morgan fingerprint density at radius 1 is 0.842 bits per heavy atom. The number of aryl methyl sites for hydroxylation is 1. The van der Waals surface area contributed by atoms with Crippen molar-refractivity contribution in [3.63, 3.8) is 0 Å². The first-order valence-corrected chi connectivity index (χ1v) is 12.7. The molecule has 0 heterocycles. The standard InChI is InChI=1S/C29H39N3O6/c1-29(2,3)38-28(36)32-24(27(35)37-5)22(18-12-17-20-13-8-6-9-14-20)25(33)31-23(26(34)30-4)19-21-15-10-7-11-16-21/h6-11,13-16,22-24H,12,17-19H2,1-5H3,(H,30,34)(H,31,33)(H,32,36)/t22-,23+,24-/m1/s1. The fraction of sp³-hybridized carbons (Fsp3) is 0.448. The number of esters is 1. The highest BCUT2D eigenvalue weighted by Gasteiger charge is 2.38. The molecule has 38 heavy (non-hydrogen) atoms. The number of amides is 3. The predicted molar refractivity (Wildman–Crippen MR) is 144 cm³/mol. The van der Waals surface area contributed by atoms with Crippen LogP contribution in [0.3, 0.4) is 0 Å². The number of benzene rings is 2. The van der Waals surface area contributed by atoms with Crippen LogP contribution in [0.25, 0.3) is 0 Å². The van der Waals surface area contributed by atoms with Gasteiger partial charge in [0, 0.05) is 13.5 Å². The minimum Gasteiger partial charge on any atom is -0.467 e. The largest absolute Gasteiger partial charge is 0.467 e. The van der Waals surface area contributed by atoms with Crippen LogP contribution in [0.1, 0.15) is 44.7 Å². The Bertz CT molecular complexity index is 1050. The lowest BCUT2D eigenvalue weighted by molar-refractivity contribution is -0.147. The van der Waals surface area contributed by atoms with Crippen LogP contribution in [-0.2, 0) is 36.7 Å². The topological polar surface area (TPSA) is 123 Å². The van der Waals surface area contributed by atoms with Crippen molar-refractivity contribution in [3.8, 4) is 0 Å². The number of likely N-dealkylation sites (N-methyl/N-ethyl adjacent to an activating group) is 1. The van der Waals surface area contributed by atoms with Crippen LogP contribution in [0.4, 0.5) is 4.79 Å². The van der Waals surface area contributed by atoms with E-state index in [-0.39, 0.29) is 18.7 Å². The third-order valence-corrected chi connectivity index (χ3v) is 5.85. The van der Waals surface area contributed by atoms with Crippen molar-refractivity contribution < 1.29 is 28.7 Å². The fourth-order valence-electron chi connectivity index (χ4n) is 4.02. The molecule has 9 nitrogen and oxygen atoms in total. The van der Waals surface area contributed by atoms with E-state index >= 15 is 0 Å². The number of nitrogens with one attached hydrogen (secondary N) is 3. The molecule has 0 aromatic heterocycles. The average Bonchev–Trinajstić information content (AvgIpc) is 2.89. The van der Waals surface area contributed by atoms with Crippen LogP contribution in [0.15, 0.2) is 60.7 Å². The molecular weight excluding hydrogens is 486 g/mol. The summed E-state index contributed by atoms with van der Waals surface area (Å²) >= 11 is 0. The molecule has 3 amide bonds. The lowest BCUT2D eigenvalue weighted by Crippen LogP contribution is -2.55. The zero-order chi connectivity index (χ0) is 28.1. The summed E-state index contributed by atoms with van der Waals surface area (Å²) in [6.45, 7) is 5.09. The zero-order valence-electron chi connectivity index (χ0n) is 22.8. The summed E-state index contributed by atoms with van der Waals surface area (Å²) in [6, 6.07) is 16.8. The summed E-state index contributed by atoms with van der Waals surface area (Å²) in [5, 5.41) is 7.90. The van der Waals surface area contributed by atoms with Crippen LogP contribution in [0.2, 0.25) is 0 Å². The normalized spacial score (nSPS) is 13.4. The number of carbonyl (C=O) groups excluding carboxylic acids is 4. The highest BCUT2D eigenvalue weighted by atomic mass is 16.6. The molecule has 3 atom stereocenters. The first-order valence-electron chi connectivity index (χ1n) is 12.7. The molecule has 3 N–H and O–H groups in total. The molecule has 9 heteroatoms. The molecule has 2 aromatic rings. The number of hydrogen-bond acceptors (Lipinski definition) is 6. The van der Waals surface area contributed by atoms with E-state index in [9.17, 15) is 19.2 Å². The second-order valence-corrected chi connectivity index (χ2v) is 10.00. The van der Waals surface area contributed by atoms with Gasteiger partial charge in [-0.2, -0.15) is 0 Å². The molecule has 0 radical (unpaired) electrons. The second-order valence-electron chi connectivity index (χ2n) is 10.00. The van der Waals surface area contributed by atoms with Crippen molar-refractivity contribution in [3.05, 3.63) is 71.8 Å². The van der Waals surface area contributed by atoms with E-state index in [0.717, 1.165) is 11.1 Å². The molecule has 0 saturated carbocycles. The van der Waals surface area contributed by atoms with E-state index in [1.54, 1.807) is 20.8 Å². The predicted octanol–water partition coefficient (Wildman–Crippen LogP) is 3.17. The van der Waals surface area contributed by atoms with Crippen molar-refractivity contribution >= 4 is 23.9 Å². The van der Waals surface area contributed by atoms with E-state index < -0.39 is 41.6 Å². The molecule has 206 valence electrons. The smallest absolute Gasteiger partial charge is 0.408 e. The quantitative estimate of drug-likeness (QED) is 0.366.